The van der Waals surface area contributed by atoms with E-state index in [2.05, 4.69) is 20.9 Å². The molecule has 0 saturated carbocycles. The number of halogens is 1. The van der Waals surface area contributed by atoms with E-state index in [1.807, 2.05) is 0 Å². The highest BCUT2D eigenvalue weighted by atomic mass is 32.2. The lowest BCUT2D eigenvalue weighted by Crippen LogP contribution is -2.32. The van der Waals surface area contributed by atoms with Crippen LogP contribution in [-0.2, 0) is 25.7 Å². The number of amides is 1. The maximum absolute atomic E-state index is 13.9. The molecule has 2 aliphatic rings. The van der Waals surface area contributed by atoms with Crippen molar-refractivity contribution in [2.75, 3.05) is 24.8 Å². The number of carbonyl (C=O) groups is 1. The number of benzene rings is 1. The van der Waals surface area contributed by atoms with Gasteiger partial charge in [0, 0.05) is 40.5 Å². The monoisotopic (exact) mass is 451 g/mol. The first kappa shape index (κ1) is 21.7. The van der Waals surface area contributed by atoms with E-state index >= 15 is 0 Å². The van der Waals surface area contributed by atoms with Gasteiger partial charge < -0.3 is 24.5 Å². The minimum absolute atomic E-state index is 0.0252. The highest BCUT2D eigenvalue weighted by molar-refractivity contribution is 7.98. The van der Waals surface area contributed by atoms with Gasteiger partial charge >= 0.3 is 0 Å². The molecule has 8 nitrogen and oxygen atoms in total. The summed E-state index contributed by atoms with van der Waals surface area (Å²) in [5.41, 5.74) is 2.47. The Labute approximate surface area is 180 Å². The number of carbonyl (C=O) groups excluding carboxylic acids is 1. The van der Waals surface area contributed by atoms with Gasteiger partial charge in [-0.3, -0.25) is 9.52 Å². The zero-order valence-electron chi connectivity index (χ0n) is 17.4. The van der Waals surface area contributed by atoms with Crippen LogP contribution in [0.25, 0.3) is 0 Å². The van der Waals surface area contributed by atoms with E-state index in [0.717, 1.165) is 12.1 Å². The van der Waals surface area contributed by atoms with Crippen molar-refractivity contribution in [3.05, 3.63) is 47.0 Å². The number of fused-ring (bicyclic) bond motifs is 1. The SMILES string of the molecule is C=S(C)(=O)NC(=O)c1c[nH]c(CNc2ccc(F)cc2OC2COC3CCOC32)c1C. The van der Waals surface area contributed by atoms with Gasteiger partial charge in [0.15, 0.2) is 6.10 Å². The summed E-state index contributed by atoms with van der Waals surface area (Å²) in [6, 6.07) is 4.28. The Morgan fingerprint density at radius 1 is 1.42 bits per heavy atom. The van der Waals surface area contributed by atoms with Crippen molar-refractivity contribution >= 4 is 27.2 Å². The molecule has 4 rings (SSSR count). The average molecular weight is 452 g/mol. The molecule has 0 aliphatic carbocycles. The van der Waals surface area contributed by atoms with E-state index in [0.29, 0.717) is 42.3 Å². The van der Waals surface area contributed by atoms with E-state index in [9.17, 15) is 13.4 Å². The van der Waals surface area contributed by atoms with Crippen LogP contribution in [0.1, 0.15) is 28.0 Å². The number of hydrogen-bond donors (Lipinski definition) is 3. The summed E-state index contributed by atoms with van der Waals surface area (Å²) in [4.78, 5) is 15.3. The second kappa shape index (κ2) is 8.52. The summed E-state index contributed by atoms with van der Waals surface area (Å²) in [5.74, 6) is 2.94. The van der Waals surface area contributed by atoms with Crippen LogP contribution in [0, 0.1) is 12.7 Å². The Morgan fingerprint density at radius 2 is 2.23 bits per heavy atom. The Hall–Kier alpha value is -2.56. The summed E-state index contributed by atoms with van der Waals surface area (Å²) in [6.45, 7) is 3.16. The molecule has 1 aromatic carbocycles. The van der Waals surface area contributed by atoms with Crippen molar-refractivity contribution in [3.63, 3.8) is 0 Å². The average Bonchev–Trinajstić information content (AvgIpc) is 3.37. The van der Waals surface area contributed by atoms with Crippen molar-refractivity contribution in [2.45, 2.75) is 38.2 Å². The standard InChI is InChI=1S/C21H26FN3O5S/c1-12-14(21(26)25-31(2,3)27)9-23-16(12)10-24-15-5-4-13(22)8-18(15)30-19-11-29-17-6-7-28-20(17)19/h4-5,8-9,17,19-20,23-24H,2,6-7,10-11H2,1,3H3,(H,25,26,27). The molecular weight excluding hydrogens is 425 g/mol. The number of H-pyrrole nitrogens is 1. The lowest BCUT2D eigenvalue weighted by Gasteiger charge is -2.20. The maximum atomic E-state index is 13.9. The van der Waals surface area contributed by atoms with Crippen LogP contribution in [-0.4, -0.2) is 58.8 Å². The van der Waals surface area contributed by atoms with E-state index in [-0.39, 0.29) is 18.3 Å². The smallest absolute Gasteiger partial charge is 0.264 e. The van der Waals surface area contributed by atoms with E-state index < -0.39 is 21.4 Å². The third-order valence-corrected chi connectivity index (χ3v) is 6.02. The fraction of sp³-hybridized carbons (Fsp3) is 0.429. The minimum Gasteiger partial charge on any atom is -0.483 e. The Kier molecular flexibility index (Phi) is 5.96. The van der Waals surface area contributed by atoms with Crippen molar-refractivity contribution in [3.8, 4) is 5.75 Å². The summed E-state index contributed by atoms with van der Waals surface area (Å²) in [5, 5.41) is 3.23. The van der Waals surface area contributed by atoms with E-state index in [1.54, 1.807) is 19.2 Å². The lowest BCUT2D eigenvalue weighted by atomic mass is 10.1. The zero-order chi connectivity index (χ0) is 22.2. The fourth-order valence-electron chi connectivity index (χ4n) is 3.83. The summed E-state index contributed by atoms with van der Waals surface area (Å²) < 4.78 is 45.5. The molecule has 0 radical (unpaired) electrons. The minimum atomic E-state index is -2.66. The molecule has 2 aliphatic heterocycles. The normalized spacial score (nSPS) is 24.4. The van der Waals surface area contributed by atoms with E-state index in [1.165, 1.54) is 18.4 Å². The van der Waals surface area contributed by atoms with Crippen LogP contribution in [0.2, 0.25) is 0 Å². The van der Waals surface area contributed by atoms with Crippen LogP contribution >= 0.6 is 0 Å². The maximum Gasteiger partial charge on any atom is 0.264 e. The predicted molar refractivity (Wildman–Crippen MR) is 116 cm³/mol. The second-order valence-corrected chi connectivity index (χ2v) is 10.1. The Bertz CT molecular complexity index is 1080. The molecule has 4 atom stereocenters. The van der Waals surface area contributed by atoms with Gasteiger partial charge in [0.1, 0.15) is 17.7 Å². The molecule has 3 heterocycles. The zero-order valence-corrected chi connectivity index (χ0v) is 18.2. The van der Waals surface area contributed by atoms with Crippen molar-refractivity contribution in [1.29, 1.82) is 0 Å². The molecule has 1 amide bonds. The molecule has 4 unspecified atom stereocenters. The summed E-state index contributed by atoms with van der Waals surface area (Å²) in [7, 11) is -2.66. The first-order valence-corrected chi connectivity index (χ1v) is 12.1. The largest absolute Gasteiger partial charge is 0.483 e. The van der Waals surface area contributed by atoms with Gasteiger partial charge in [-0.25, -0.2) is 8.60 Å². The van der Waals surface area contributed by atoms with Gasteiger partial charge in [-0.1, -0.05) is 0 Å². The topological polar surface area (TPSA) is 102 Å². The molecule has 31 heavy (non-hydrogen) atoms. The second-order valence-electron chi connectivity index (χ2n) is 7.89. The molecule has 2 aromatic rings. The van der Waals surface area contributed by atoms with Crippen molar-refractivity contribution < 1.29 is 27.6 Å². The first-order valence-electron chi connectivity index (χ1n) is 9.96. The predicted octanol–water partition coefficient (Wildman–Crippen LogP) is 2.00. The number of ether oxygens (including phenoxy) is 3. The number of anilines is 1. The number of rotatable bonds is 7. The molecule has 2 saturated heterocycles. The summed E-state index contributed by atoms with van der Waals surface area (Å²) >= 11 is 0. The fourth-order valence-corrected chi connectivity index (χ4v) is 4.33. The molecule has 0 bridgehead atoms. The van der Waals surface area contributed by atoms with Crippen LogP contribution in [0.4, 0.5) is 10.1 Å². The van der Waals surface area contributed by atoms with Crippen LogP contribution in [0.3, 0.4) is 0 Å². The van der Waals surface area contributed by atoms with Crippen molar-refractivity contribution in [1.82, 2.24) is 9.71 Å². The molecule has 168 valence electrons. The first-order chi connectivity index (χ1) is 14.7. The third-order valence-electron chi connectivity index (χ3n) is 5.40. The quantitative estimate of drug-likeness (QED) is 0.557. The highest BCUT2D eigenvalue weighted by Gasteiger charge is 2.43. The summed E-state index contributed by atoms with van der Waals surface area (Å²) in [6.07, 6.45) is 3.33. The molecule has 10 heteroatoms. The number of aromatic nitrogens is 1. The highest BCUT2D eigenvalue weighted by Crippen LogP contribution is 2.33. The van der Waals surface area contributed by atoms with Gasteiger partial charge in [-0.15, -0.1) is 0 Å². The number of aromatic amines is 1. The molecular formula is C21H26FN3O5S. The Balaban J connectivity index is 1.46. The molecule has 1 aromatic heterocycles. The van der Waals surface area contributed by atoms with Gasteiger partial charge in [0.05, 0.1) is 30.5 Å². The lowest BCUT2D eigenvalue weighted by molar-refractivity contribution is 0.0310. The molecule has 3 N–H and O–H groups in total. The number of nitrogens with one attached hydrogen (secondary N) is 3. The van der Waals surface area contributed by atoms with Gasteiger partial charge in [0.2, 0.25) is 0 Å². The van der Waals surface area contributed by atoms with Gasteiger partial charge in [-0.2, -0.15) is 0 Å². The van der Waals surface area contributed by atoms with Crippen LogP contribution in [0.5, 0.6) is 5.75 Å². The van der Waals surface area contributed by atoms with Gasteiger partial charge in [-0.05, 0) is 36.9 Å². The van der Waals surface area contributed by atoms with Crippen molar-refractivity contribution in [2.24, 2.45) is 0 Å². The molecule has 2 fully saturated rings. The number of hydrogen-bond acceptors (Lipinski definition) is 6. The van der Waals surface area contributed by atoms with Crippen LogP contribution in [0.15, 0.2) is 24.4 Å². The molecule has 0 spiro atoms. The van der Waals surface area contributed by atoms with Crippen LogP contribution < -0.4 is 14.8 Å². The third kappa shape index (κ3) is 4.86. The van der Waals surface area contributed by atoms with E-state index in [4.69, 9.17) is 14.2 Å². The van der Waals surface area contributed by atoms with Gasteiger partial charge in [0.25, 0.3) is 5.91 Å². The Morgan fingerprint density at radius 3 is 3.00 bits per heavy atom.